The van der Waals surface area contributed by atoms with Crippen LogP contribution < -0.4 is 0 Å². The molecule has 0 aliphatic carbocycles. The molecule has 0 spiro atoms. The highest BCUT2D eigenvalue weighted by molar-refractivity contribution is 5.94. The number of hydrogen-bond donors (Lipinski definition) is 1. The van der Waals surface area contributed by atoms with Gasteiger partial charge in [-0.15, -0.1) is 0 Å². The summed E-state index contributed by atoms with van der Waals surface area (Å²) in [5.41, 5.74) is 1.85. The molecule has 0 bridgehead atoms. The van der Waals surface area contributed by atoms with Crippen LogP contribution in [-0.4, -0.2) is 35.6 Å². The molecule has 1 N–H and O–H groups in total. The molecule has 1 aliphatic rings. The number of carbonyl (C=O) groups excluding carboxylic acids is 1. The lowest BCUT2D eigenvalue weighted by Gasteiger charge is -2.16. The largest absolute Gasteiger partial charge is 0.396 e. The number of aryl methyl sites for hydroxylation is 1. The minimum absolute atomic E-state index is 0.0830. The van der Waals surface area contributed by atoms with Crippen molar-refractivity contribution in [3.63, 3.8) is 0 Å². The predicted molar refractivity (Wildman–Crippen MR) is 62.3 cm³/mol. The second-order valence-electron chi connectivity index (χ2n) is 4.46. The van der Waals surface area contributed by atoms with Crippen molar-refractivity contribution >= 4 is 5.91 Å². The summed E-state index contributed by atoms with van der Waals surface area (Å²) in [6, 6.07) is 7.65. The van der Waals surface area contributed by atoms with Crippen LogP contribution in [0.2, 0.25) is 0 Å². The first kappa shape index (κ1) is 11.1. The zero-order valence-electron chi connectivity index (χ0n) is 9.52. The summed E-state index contributed by atoms with van der Waals surface area (Å²) in [6.45, 7) is 3.61. The van der Waals surface area contributed by atoms with Crippen LogP contribution >= 0.6 is 0 Å². The molecule has 0 radical (unpaired) electrons. The van der Waals surface area contributed by atoms with Gasteiger partial charge in [-0.25, -0.2) is 0 Å². The van der Waals surface area contributed by atoms with Crippen LogP contribution in [0.3, 0.4) is 0 Å². The van der Waals surface area contributed by atoms with Crippen molar-refractivity contribution in [1.82, 2.24) is 4.90 Å². The number of rotatable bonds is 2. The molecule has 1 aromatic carbocycles. The fraction of sp³-hybridized carbons (Fsp3) is 0.462. The van der Waals surface area contributed by atoms with E-state index in [4.69, 9.17) is 5.11 Å². The van der Waals surface area contributed by atoms with E-state index in [0.29, 0.717) is 6.54 Å². The topological polar surface area (TPSA) is 40.5 Å². The molecule has 3 heteroatoms. The highest BCUT2D eigenvalue weighted by atomic mass is 16.3. The van der Waals surface area contributed by atoms with Crippen LogP contribution in [0.5, 0.6) is 0 Å². The molecule has 1 saturated heterocycles. The predicted octanol–water partition coefficient (Wildman–Crippen LogP) is 1.45. The van der Waals surface area contributed by atoms with Crippen LogP contribution in [0.4, 0.5) is 0 Å². The molecule has 0 aromatic heterocycles. The van der Waals surface area contributed by atoms with Gasteiger partial charge in [-0.1, -0.05) is 17.7 Å². The van der Waals surface area contributed by atoms with Crippen LogP contribution in [0.15, 0.2) is 24.3 Å². The average molecular weight is 219 g/mol. The normalized spacial score (nSPS) is 20.1. The van der Waals surface area contributed by atoms with Crippen LogP contribution in [0, 0.1) is 12.8 Å². The van der Waals surface area contributed by atoms with Gasteiger partial charge in [0.15, 0.2) is 0 Å². The summed E-state index contributed by atoms with van der Waals surface area (Å²) < 4.78 is 0. The SMILES string of the molecule is Cc1cccc(C(=O)N2CC[C@H](CO)C2)c1. The van der Waals surface area contributed by atoms with Crippen LogP contribution in [0.25, 0.3) is 0 Å². The van der Waals surface area contributed by atoms with E-state index in [1.165, 1.54) is 0 Å². The molecule has 86 valence electrons. The number of carbonyl (C=O) groups is 1. The van der Waals surface area contributed by atoms with Gasteiger partial charge < -0.3 is 10.0 Å². The Balaban J connectivity index is 2.08. The van der Waals surface area contributed by atoms with Crippen molar-refractivity contribution in [1.29, 1.82) is 0 Å². The minimum atomic E-state index is 0.0830. The smallest absolute Gasteiger partial charge is 0.253 e. The van der Waals surface area contributed by atoms with Gasteiger partial charge in [0.05, 0.1) is 0 Å². The van der Waals surface area contributed by atoms with E-state index in [9.17, 15) is 4.79 Å². The second-order valence-corrected chi connectivity index (χ2v) is 4.46. The standard InChI is InChI=1S/C13H17NO2/c1-10-3-2-4-12(7-10)13(16)14-6-5-11(8-14)9-15/h2-4,7,11,15H,5-6,8-9H2,1H3/t11-/m0/s1. The van der Waals surface area contributed by atoms with E-state index in [1.807, 2.05) is 36.1 Å². The quantitative estimate of drug-likeness (QED) is 0.818. The van der Waals surface area contributed by atoms with Gasteiger partial charge in [0.1, 0.15) is 0 Å². The second kappa shape index (κ2) is 4.66. The van der Waals surface area contributed by atoms with Crippen molar-refractivity contribution in [2.24, 2.45) is 5.92 Å². The van der Waals surface area contributed by atoms with E-state index in [2.05, 4.69) is 0 Å². The first-order chi connectivity index (χ1) is 7.70. The number of likely N-dealkylation sites (tertiary alicyclic amines) is 1. The highest BCUT2D eigenvalue weighted by Crippen LogP contribution is 2.18. The third-order valence-corrected chi connectivity index (χ3v) is 3.10. The number of amides is 1. The number of aliphatic hydroxyl groups excluding tert-OH is 1. The summed E-state index contributed by atoms with van der Waals surface area (Å²) in [5, 5.41) is 9.04. The lowest BCUT2D eigenvalue weighted by molar-refractivity contribution is 0.0782. The Labute approximate surface area is 95.7 Å². The summed E-state index contributed by atoms with van der Waals surface area (Å²) in [6.07, 6.45) is 0.911. The average Bonchev–Trinajstić information content (AvgIpc) is 2.76. The van der Waals surface area contributed by atoms with Gasteiger partial charge in [-0.2, -0.15) is 0 Å². The summed E-state index contributed by atoms with van der Waals surface area (Å²) in [5.74, 6) is 0.341. The molecule has 1 heterocycles. The molecule has 0 saturated carbocycles. The Bertz CT molecular complexity index is 389. The minimum Gasteiger partial charge on any atom is -0.396 e. The Hall–Kier alpha value is -1.35. The maximum absolute atomic E-state index is 12.1. The molecule has 2 rings (SSSR count). The van der Waals surface area contributed by atoms with Crippen molar-refractivity contribution < 1.29 is 9.90 Å². The summed E-state index contributed by atoms with van der Waals surface area (Å²) in [4.78, 5) is 13.9. The fourth-order valence-electron chi connectivity index (χ4n) is 2.13. The summed E-state index contributed by atoms with van der Waals surface area (Å²) >= 11 is 0. The molecular formula is C13H17NO2. The highest BCUT2D eigenvalue weighted by Gasteiger charge is 2.26. The third-order valence-electron chi connectivity index (χ3n) is 3.10. The fourth-order valence-corrected chi connectivity index (χ4v) is 2.13. The first-order valence-corrected chi connectivity index (χ1v) is 5.67. The first-order valence-electron chi connectivity index (χ1n) is 5.67. The van der Waals surface area contributed by atoms with E-state index < -0.39 is 0 Å². The van der Waals surface area contributed by atoms with E-state index in [1.54, 1.807) is 0 Å². The number of hydrogen-bond acceptors (Lipinski definition) is 2. The van der Waals surface area contributed by atoms with Crippen molar-refractivity contribution in [2.75, 3.05) is 19.7 Å². The molecule has 1 aliphatic heterocycles. The molecule has 16 heavy (non-hydrogen) atoms. The van der Waals surface area contributed by atoms with Gasteiger partial charge in [0.2, 0.25) is 0 Å². The van der Waals surface area contributed by atoms with Gasteiger partial charge >= 0.3 is 0 Å². The van der Waals surface area contributed by atoms with E-state index in [-0.39, 0.29) is 18.4 Å². The van der Waals surface area contributed by atoms with E-state index >= 15 is 0 Å². The van der Waals surface area contributed by atoms with Crippen molar-refractivity contribution in [2.45, 2.75) is 13.3 Å². The molecular weight excluding hydrogens is 202 g/mol. The van der Waals surface area contributed by atoms with Crippen LogP contribution in [0.1, 0.15) is 22.3 Å². The zero-order chi connectivity index (χ0) is 11.5. The molecule has 1 atom stereocenters. The lowest BCUT2D eigenvalue weighted by atomic mass is 10.1. The molecule has 1 aromatic rings. The molecule has 3 nitrogen and oxygen atoms in total. The molecule has 0 unspecified atom stereocenters. The third kappa shape index (κ3) is 2.25. The maximum atomic E-state index is 12.1. The van der Waals surface area contributed by atoms with Gasteiger partial charge in [0, 0.05) is 31.2 Å². The number of benzene rings is 1. The maximum Gasteiger partial charge on any atom is 0.253 e. The number of nitrogens with zero attached hydrogens (tertiary/aromatic N) is 1. The Morgan fingerprint density at radius 3 is 3.00 bits per heavy atom. The molecule has 1 amide bonds. The molecule has 1 fully saturated rings. The van der Waals surface area contributed by atoms with Crippen LogP contribution in [-0.2, 0) is 0 Å². The Morgan fingerprint density at radius 2 is 2.38 bits per heavy atom. The monoisotopic (exact) mass is 219 g/mol. The van der Waals surface area contributed by atoms with E-state index in [0.717, 1.165) is 24.1 Å². The summed E-state index contributed by atoms with van der Waals surface area (Å²) in [7, 11) is 0. The zero-order valence-corrected chi connectivity index (χ0v) is 9.52. The lowest BCUT2D eigenvalue weighted by Crippen LogP contribution is -2.29. The number of aliphatic hydroxyl groups is 1. The van der Waals surface area contributed by atoms with Gasteiger partial charge in [0.25, 0.3) is 5.91 Å². The van der Waals surface area contributed by atoms with Crippen molar-refractivity contribution in [3.05, 3.63) is 35.4 Å². The van der Waals surface area contributed by atoms with Gasteiger partial charge in [-0.05, 0) is 25.5 Å². The van der Waals surface area contributed by atoms with Crippen molar-refractivity contribution in [3.8, 4) is 0 Å². The Morgan fingerprint density at radius 1 is 1.56 bits per heavy atom. The Kier molecular flexibility index (Phi) is 3.25. The van der Waals surface area contributed by atoms with Gasteiger partial charge in [-0.3, -0.25) is 4.79 Å².